The van der Waals surface area contributed by atoms with Crippen LogP contribution in [0.2, 0.25) is 0 Å². The summed E-state index contributed by atoms with van der Waals surface area (Å²) in [5.74, 6) is -0.0895. The minimum atomic E-state index is -0.738. The number of hydrogen-bond acceptors (Lipinski definition) is 6. The van der Waals surface area contributed by atoms with Crippen LogP contribution in [0.1, 0.15) is 38.0 Å². The van der Waals surface area contributed by atoms with Crippen molar-refractivity contribution in [3.8, 4) is 11.4 Å². The van der Waals surface area contributed by atoms with Crippen molar-refractivity contribution in [3.05, 3.63) is 22.7 Å². The quantitative estimate of drug-likeness (QED) is 0.830. The zero-order valence-electron chi connectivity index (χ0n) is 13.1. The van der Waals surface area contributed by atoms with Crippen LogP contribution in [0.25, 0.3) is 11.4 Å². The zero-order chi connectivity index (χ0) is 16.9. The van der Waals surface area contributed by atoms with Gasteiger partial charge in [-0.3, -0.25) is 9.59 Å². The highest BCUT2D eigenvalue weighted by atomic mass is 32.1. The second-order valence-corrected chi connectivity index (χ2v) is 6.76. The summed E-state index contributed by atoms with van der Waals surface area (Å²) in [5, 5.41) is 19.7. The molecule has 0 saturated heterocycles. The molecule has 1 saturated carbocycles. The van der Waals surface area contributed by atoms with E-state index in [1.807, 2.05) is 16.8 Å². The van der Waals surface area contributed by atoms with Gasteiger partial charge in [-0.1, -0.05) is 5.16 Å². The first-order chi connectivity index (χ1) is 11.6. The minimum Gasteiger partial charge on any atom is -0.481 e. The molecule has 2 heterocycles. The molecule has 7 nitrogen and oxygen atoms in total. The molecule has 0 atom stereocenters. The number of carboxylic acids is 1. The van der Waals surface area contributed by atoms with E-state index in [1.165, 1.54) is 0 Å². The Morgan fingerprint density at radius 1 is 1.33 bits per heavy atom. The summed E-state index contributed by atoms with van der Waals surface area (Å²) in [6.45, 7) is 0. The normalized spacial score (nSPS) is 20.7. The number of nitrogens with zero attached hydrogens (tertiary/aromatic N) is 2. The molecule has 0 spiro atoms. The fourth-order valence-electron chi connectivity index (χ4n) is 2.87. The van der Waals surface area contributed by atoms with Gasteiger partial charge in [-0.25, -0.2) is 0 Å². The molecule has 24 heavy (non-hydrogen) atoms. The maximum Gasteiger partial charge on any atom is 0.306 e. The number of carbonyl (C=O) groups excluding carboxylic acids is 1. The fourth-order valence-corrected chi connectivity index (χ4v) is 3.50. The molecule has 0 bridgehead atoms. The van der Waals surface area contributed by atoms with E-state index < -0.39 is 5.97 Å². The molecule has 2 N–H and O–H groups in total. The largest absolute Gasteiger partial charge is 0.481 e. The number of rotatable bonds is 6. The summed E-state index contributed by atoms with van der Waals surface area (Å²) in [5.41, 5.74) is 0.912. The molecule has 3 rings (SSSR count). The molecule has 1 amide bonds. The molecule has 1 aliphatic rings. The first kappa shape index (κ1) is 16.6. The SMILES string of the molecule is O=C(CCc1nc(-c2ccsc2)no1)NC1CCC(C(=O)O)CC1. The monoisotopic (exact) mass is 349 g/mol. The number of aryl methyl sites for hydroxylation is 1. The average Bonchev–Trinajstić information content (AvgIpc) is 3.25. The number of nitrogens with one attached hydrogen (secondary N) is 1. The van der Waals surface area contributed by atoms with Crippen molar-refractivity contribution in [1.29, 1.82) is 0 Å². The summed E-state index contributed by atoms with van der Waals surface area (Å²) in [6, 6.07) is 1.98. The van der Waals surface area contributed by atoms with E-state index in [2.05, 4.69) is 15.5 Å². The van der Waals surface area contributed by atoms with Crippen LogP contribution in [0.3, 0.4) is 0 Å². The second-order valence-electron chi connectivity index (χ2n) is 5.98. The fraction of sp³-hybridized carbons (Fsp3) is 0.500. The topological polar surface area (TPSA) is 105 Å². The summed E-state index contributed by atoms with van der Waals surface area (Å²) >= 11 is 1.56. The number of thiophene rings is 1. The third-order valence-electron chi connectivity index (χ3n) is 4.25. The summed E-state index contributed by atoms with van der Waals surface area (Å²) in [4.78, 5) is 27.2. The van der Waals surface area contributed by atoms with Gasteiger partial charge in [0, 0.05) is 29.8 Å². The van der Waals surface area contributed by atoms with Crippen LogP contribution in [-0.2, 0) is 16.0 Å². The first-order valence-electron chi connectivity index (χ1n) is 7.99. The highest BCUT2D eigenvalue weighted by Crippen LogP contribution is 2.24. The average molecular weight is 349 g/mol. The van der Waals surface area contributed by atoms with Crippen LogP contribution < -0.4 is 5.32 Å². The smallest absolute Gasteiger partial charge is 0.306 e. The van der Waals surface area contributed by atoms with Gasteiger partial charge in [0.2, 0.25) is 17.6 Å². The Morgan fingerprint density at radius 2 is 2.12 bits per heavy atom. The van der Waals surface area contributed by atoms with Gasteiger partial charge in [0.1, 0.15) is 0 Å². The Labute approximate surface area is 143 Å². The molecular formula is C16H19N3O4S. The lowest BCUT2D eigenvalue weighted by molar-refractivity contribution is -0.142. The third kappa shape index (κ3) is 4.19. The van der Waals surface area contributed by atoms with Crippen molar-refractivity contribution in [2.45, 2.75) is 44.6 Å². The van der Waals surface area contributed by atoms with Crippen LogP contribution in [0.15, 0.2) is 21.3 Å². The van der Waals surface area contributed by atoms with Crippen LogP contribution in [-0.4, -0.2) is 33.2 Å². The van der Waals surface area contributed by atoms with E-state index in [4.69, 9.17) is 9.63 Å². The Hall–Kier alpha value is -2.22. The standard InChI is InChI=1S/C16H19N3O4S/c20-13(17-12-3-1-10(2-4-12)16(21)22)5-6-14-18-15(19-23-14)11-7-8-24-9-11/h7-10,12H,1-6H2,(H,17,20)(H,21,22). The van der Waals surface area contributed by atoms with E-state index >= 15 is 0 Å². The predicted octanol–water partition coefficient (Wildman–Crippen LogP) is 2.49. The van der Waals surface area contributed by atoms with E-state index in [1.54, 1.807) is 11.3 Å². The van der Waals surface area contributed by atoms with E-state index in [0.717, 1.165) is 5.56 Å². The molecule has 1 aliphatic carbocycles. The summed E-state index contributed by atoms with van der Waals surface area (Å²) in [6.07, 6.45) is 3.34. The Morgan fingerprint density at radius 3 is 2.79 bits per heavy atom. The molecule has 0 aliphatic heterocycles. The van der Waals surface area contributed by atoms with Crippen molar-refractivity contribution >= 4 is 23.2 Å². The lowest BCUT2D eigenvalue weighted by atomic mass is 9.86. The van der Waals surface area contributed by atoms with Gasteiger partial charge in [-0.2, -0.15) is 16.3 Å². The van der Waals surface area contributed by atoms with Crippen molar-refractivity contribution in [2.75, 3.05) is 0 Å². The second kappa shape index (κ2) is 7.57. The van der Waals surface area contributed by atoms with E-state index in [9.17, 15) is 9.59 Å². The molecule has 0 unspecified atom stereocenters. The van der Waals surface area contributed by atoms with Crippen molar-refractivity contribution in [3.63, 3.8) is 0 Å². The highest BCUT2D eigenvalue weighted by molar-refractivity contribution is 7.08. The molecule has 0 radical (unpaired) electrons. The van der Waals surface area contributed by atoms with Gasteiger partial charge in [0.05, 0.1) is 5.92 Å². The Bertz CT molecular complexity index is 690. The van der Waals surface area contributed by atoms with Gasteiger partial charge in [-0.05, 0) is 37.1 Å². The molecule has 1 fully saturated rings. The first-order valence-corrected chi connectivity index (χ1v) is 8.93. The van der Waals surface area contributed by atoms with Gasteiger partial charge in [0.25, 0.3) is 0 Å². The van der Waals surface area contributed by atoms with Crippen LogP contribution in [0, 0.1) is 5.92 Å². The minimum absolute atomic E-state index is 0.0657. The summed E-state index contributed by atoms with van der Waals surface area (Å²) < 4.78 is 5.17. The zero-order valence-corrected chi connectivity index (χ0v) is 13.9. The number of aliphatic carboxylic acids is 1. The molecular weight excluding hydrogens is 330 g/mol. The molecule has 2 aromatic rings. The Balaban J connectivity index is 1.42. The van der Waals surface area contributed by atoms with E-state index in [-0.39, 0.29) is 24.3 Å². The number of carbonyl (C=O) groups is 2. The van der Waals surface area contributed by atoms with Crippen molar-refractivity contribution in [1.82, 2.24) is 15.5 Å². The predicted molar refractivity (Wildman–Crippen MR) is 87.5 cm³/mol. The molecule has 8 heteroatoms. The molecule has 2 aromatic heterocycles. The van der Waals surface area contributed by atoms with Gasteiger partial charge >= 0.3 is 5.97 Å². The maximum absolute atomic E-state index is 12.0. The number of hydrogen-bond donors (Lipinski definition) is 2. The Kier molecular flexibility index (Phi) is 5.24. The lowest BCUT2D eigenvalue weighted by Gasteiger charge is -2.26. The molecule has 128 valence electrons. The molecule has 0 aromatic carbocycles. The van der Waals surface area contributed by atoms with Gasteiger partial charge in [0.15, 0.2) is 0 Å². The van der Waals surface area contributed by atoms with Crippen LogP contribution in [0.4, 0.5) is 0 Å². The van der Waals surface area contributed by atoms with Gasteiger partial charge < -0.3 is 14.9 Å². The number of carboxylic acid groups (broad SMARTS) is 1. The summed E-state index contributed by atoms with van der Waals surface area (Å²) in [7, 11) is 0. The van der Waals surface area contributed by atoms with Crippen LogP contribution in [0.5, 0.6) is 0 Å². The van der Waals surface area contributed by atoms with Gasteiger partial charge in [-0.15, -0.1) is 0 Å². The third-order valence-corrected chi connectivity index (χ3v) is 4.94. The lowest BCUT2D eigenvalue weighted by Crippen LogP contribution is -2.38. The van der Waals surface area contributed by atoms with Crippen LogP contribution >= 0.6 is 11.3 Å². The maximum atomic E-state index is 12.0. The van der Waals surface area contributed by atoms with Crippen molar-refractivity contribution < 1.29 is 19.2 Å². The highest BCUT2D eigenvalue weighted by Gasteiger charge is 2.26. The number of aromatic nitrogens is 2. The van der Waals surface area contributed by atoms with Crippen molar-refractivity contribution in [2.24, 2.45) is 5.92 Å². The van der Waals surface area contributed by atoms with E-state index in [0.29, 0.717) is 43.8 Å². The number of amides is 1.